The fourth-order valence-corrected chi connectivity index (χ4v) is 3.25. The normalized spacial score (nSPS) is 10.9. The van der Waals surface area contributed by atoms with E-state index < -0.39 is 0 Å². The first kappa shape index (κ1) is 11.4. The van der Waals surface area contributed by atoms with Crippen LogP contribution in [0.5, 0.6) is 0 Å². The molecule has 92 valence electrons. The maximum Gasteiger partial charge on any atom is 0.180 e. The average Bonchev–Trinajstić information content (AvgIpc) is 3.01. The second-order valence-corrected chi connectivity index (χ2v) is 5.81. The highest BCUT2D eigenvalue weighted by Gasteiger charge is 2.10. The predicted octanol–water partition coefficient (Wildman–Crippen LogP) is 3.01. The van der Waals surface area contributed by atoms with Gasteiger partial charge >= 0.3 is 0 Å². The molecule has 0 radical (unpaired) electrons. The van der Waals surface area contributed by atoms with E-state index >= 15 is 0 Å². The van der Waals surface area contributed by atoms with Gasteiger partial charge < -0.3 is 5.73 Å². The Labute approximate surface area is 113 Å². The van der Waals surface area contributed by atoms with Crippen LogP contribution in [0.25, 0.3) is 10.6 Å². The third-order valence-electron chi connectivity index (χ3n) is 2.61. The topological polar surface area (TPSA) is 56.7 Å². The molecule has 0 spiro atoms. The minimum atomic E-state index is 0.592. The molecule has 4 nitrogen and oxygen atoms in total. The van der Waals surface area contributed by atoms with Crippen LogP contribution in [0.2, 0.25) is 0 Å². The zero-order valence-corrected chi connectivity index (χ0v) is 11.5. The van der Waals surface area contributed by atoms with Crippen molar-refractivity contribution in [2.75, 3.05) is 5.73 Å². The van der Waals surface area contributed by atoms with E-state index in [2.05, 4.69) is 26.9 Å². The largest absolute Gasteiger partial charge is 0.375 e. The minimum Gasteiger partial charge on any atom is -0.375 e. The van der Waals surface area contributed by atoms with Crippen molar-refractivity contribution < 1.29 is 0 Å². The van der Waals surface area contributed by atoms with Crippen LogP contribution in [0.3, 0.4) is 0 Å². The number of aryl methyl sites for hydroxylation is 1. The lowest BCUT2D eigenvalue weighted by Crippen LogP contribution is -1.98. The smallest absolute Gasteiger partial charge is 0.180 e. The van der Waals surface area contributed by atoms with Gasteiger partial charge in [0.1, 0.15) is 5.69 Å². The summed E-state index contributed by atoms with van der Waals surface area (Å²) in [6, 6.07) is 4.12. The molecule has 0 aliphatic rings. The van der Waals surface area contributed by atoms with Crippen molar-refractivity contribution in [3.8, 4) is 10.6 Å². The van der Waals surface area contributed by atoms with Crippen LogP contribution in [-0.2, 0) is 6.54 Å². The number of thiazole rings is 1. The monoisotopic (exact) mass is 276 g/mol. The minimum absolute atomic E-state index is 0.592. The summed E-state index contributed by atoms with van der Waals surface area (Å²) in [5.41, 5.74) is 8.87. The molecule has 0 saturated heterocycles. The van der Waals surface area contributed by atoms with E-state index in [4.69, 9.17) is 5.73 Å². The van der Waals surface area contributed by atoms with Crippen molar-refractivity contribution >= 4 is 27.8 Å². The van der Waals surface area contributed by atoms with Crippen molar-refractivity contribution in [2.24, 2.45) is 0 Å². The zero-order chi connectivity index (χ0) is 12.5. The van der Waals surface area contributed by atoms with Gasteiger partial charge in [-0.2, -0.15) is 16.4 Å². The van der Waals surface area contributed by atoms with Gasteiger partial charge in [-0.15, -0.1) is 0 Å². The molecule has 0 saturated carbocycles. The van der Waals surface area contributed by atoms with Crippen LogP contribution in [0, 0.1) is 6.92 Å². The van der Waals surface area contributed by atoms with Gasteiger partial charge in [0.2, 0.25) is 0 Å². The Morgan fingerprint density at radius 3 is 2.94 bits per heavy atom. The third-order valence-corrected chi connectivity index (χ3v) is 4.35. The summed E-state index contributed by atoms with van der Waals surface area (Å²) in [4.78, 5) is 5.27. The van der Waals surface area contributed by atoms with E-state index in [0.717, 1.165) is 22.8 Å². The van der Waals surface area contributed by atoms with Crippen molar-refractivity contribution in [3.05, 3.63) is 40.3 Å². The van der Waals surface area contributed by atoms with E-state index in [-0.39, 0.29) is 0 Å². The fraction of sp³-hybridized carbons (Fsp3) is 0.167. The number of nitrogens with zero attached hydrogens (tertiary/aromatic N) is 3. The van der Waals surface area contributed by atoms with Crippen LogP contribution < -0.4 is 5.73 Å². The van der Waals surface area contributed by atoms with Gasteiger partial charge in [-0.3, -0.25) is 4.68 Å². The molecule has 0 aliphatic heterocycles. The molecule has 3 heterocycles. The first-order valence-corrected chi connectivity index (χ1v) is 7.26. The van der Waals surface area contributed by atoms with Crippen LogP contribution >= 0.6 is 22.7 Å². The zero-order valence-electron chi connectivity index (χ0n) is 9.83. The Morgan fingerprint density at radius 2 is 2.28 bits per heavy atom. The fourth-order valence-electron chi connectivity index (χ4n) is 1.80. The highest BCUT2D eigenvalue weighted by atomic mass is 32.1. The van der Waals surface area contributed by atoms with E-state index in [1.807, 2.05) is 23.9 Å². The number of nitrogens with two attached hydrogens (primary N) is 1. The highest BCUT2D eigenvalue weighted by molar-refractivity contribution is 7.18. The molecule has 0 atom stereocenters. The summed E-state index contributed by atoms with van der Waals surface area (Å²) in [6.07, 6.45) is 1.99. The first-order valence-electron chi connectivity index (χ1n) is 5.50. The molecular formula is C12H12N4S2. The van der Waals surface area contributed by atoms with Crippen LogP contribution in [0.15, 0.2) is 29.1 Å². The second kappa shape index (κ2) is 4.55. The molecule has 2 N–H and O–H groups in total. The van der Waals surface area contributed by atoms with Gasteiger partial charge in [0.05, 0.1) is 17.1 Å². The maximum atomic E-state index is 5.71. The standard InChI is InChI=1S/C12H12N4S2/c1-8-11(18-12(13)14-8)10-2-4-16(15-10)6-9-3-5-17-7-9/h2-5,7H,6H2,1H3,(H2,13,14). The molecule has 0 aliphatic carbocycles. The van der Waals surface area contributed by atoms with Crippen molar-refractivity contribution in [3.63, 3.8) is 0 Å². The third kappa shape index (κ3) is 2.16. The lowest BCUT2D eigenvalue weighted by atomic mass is 10.3. The summed E-state index contributed by atoms with van der Waals surface area (Å²) < 4.78 is 1.94. The molecule has 3 aromatic rings. The van der Waals surface area contributed by atoms with Gasteiger partial charge in [0, 0.05) is 6.20 Å². The van der Waals surface area contributed by atoms with E-state index in [0.29, 0.717) is 5.13 Å². The summed E-state index contributed by atoms with van der Waals surface area (Å²) in [5, 5.41) is 9.37. The Morgan fingerprint density at radius 1 is 1.39 bits per heavy atom. The maximum absolute atomic E-state index is 5.71. The summed E-state index contributed by atoms with van der Waals surface area (Å²) in [6.45, 7) is 2.76. The molecule has 0 aromatic carbocycles. The lowest BCUT2D eigenvalue weighted by molar-refractivity contribution is 0.691. The number of hydrogen-bond acceptors (Lipinski definition) is 5. The molecule has 0 amide bonds. The lowest BCUT2D eigenvalue weighted by Gasteiger charge is -1.98. The number of anilines is 1. The van der Waals surface area contributed by atoms with Crippen LogP contribution in [0.4, 0.5) is 5.13 Å². The van der Waals surface area contributed by atoms with Crippen molar-refractivity contribution in [2.45, 2.75) is 13.5 Å². The number of hydrogen-bond donors (Lipinski definition) is 1. The summed E-state index contributed by atoms with van der Waals surface area (Å²) in [5.74, 6) is 0. The predicted molar refractivity (Wildman–Crippen MR) is 75.9 cm³/mol. The Bertz CT molecular complexity index is 651. The molecule has 0 unspecified atom stereocenters. The van der Waals surface area contributed by atoms with E-state index in [9.17, 15) is 0 Å². The van der Waals surface area contributed by atoms with Crippen LogP contribution in [-0.4, -0.2) is 14.8 Å². The molecule has 0 fully saturated rings. The number of rotatable bonds is 3. The van der Waals surface area contributed by atoms with Crippen LogP contribution in [0.1, 0.15) is 11.3 Å². The van der Waals surface area contributed by atoms with Crippen molar-refractivity contribution in [1.29, 1.82) is 0 Å². The average molecular weight is 276 g/mol. The van der Waals surface area contributed by atoms with Gasteiger partial charge in [0.25, 0.3) is 0 Å². The van der Waals surface area contributed by atoms with Gasteiger partial charge in [-0.1, -0.05) is 11.3 Å². The van der Waals surface area contributed by atoms with E-state index in [1.165, 1.54) is 16.9 Å². The second-order valence-electron chi connectivity index (χ2n) is 4.00. The first-order chi connectivity index (χ1) is 8.72. The highest BCUT2D eigenvalue weighted by Crippen LogP contribution is 2.29. The Balaban J connectivity index is 1.87. The summed E-state index contributed by atoms with van der Waals surface area (Å²) in [7, 11) is 0. The number of aromatic nitrogens is 3. The molecular weight excluding hydrogens is 264 g/mol. The molecule has 3 aromatic heterocycles. The number of thiophene rings is 1. The van der Waals surface area contributed by atoms with Gasteiger partial charge in [0.15, 0.2) is 5.13 Å². The van der Waals surface area contributed by atoms with Gasteiger partial charge in [-0.05, 0) is 35.4 Å². The Kier molecular flexibility index (Phi) is 2.89. The Hall–Kier alpha value is -1.66. The quantitative estimate of drug-likeness (QED) is 0.800. The van der Waals surface area contributed by atoms with E-state index in [1.54, 1.807) is 11.3 Å². The number of nitrogen functional groups attached to an aromatic ring is 1. The summed E-state index contributed by atoms with van der Waals surface area (Å²) >= 11 is 3.18. The molecule has 0 bridgehead atoms. The molecule has 6 heteroatoms. The van der Waals surface area contributed by atoms with Crippen molar-refractivity contribution in [1.82, 2.24) is 14.8 Å². The molecule has 18 heavy (non-hydrogen) atoms. The SMILES string of the molecule is Cc1nc(N)sc1-c1ccn(Cc2ccsc2)n1. The van der Waals surface area contributed by atoms with Gasteiger partial charge in [-0.25, -0.2) is 4.98 Å². The molecule has 3 rings (SSSR count).